The average Bonchev–Trinajstić information content (AvgIpc) is 3.42. The van der Waals surface area contributed by atoms with Gasteiger partial charge in [0, 0.05) is 31.3 Å². The molecule has 0 aliphatic carbocycles. The predicted molar refractivity (Wildman–Crippen MR) is 105 cm³/mol. The van der Waals surface area contributed by atoms with Crippen LogP contribution in [0.1, 0.15) is 55.5 Å². The number of alkyl halides is 3. The number of aromatic nitrogens is 2. The molecule has 2 aliphatic heterocycles. The number of fused-ring (bicyclic) bond motifs is 1. The van der Waals surface area contributed by atoms with E-state index < -0.39 is 11.7 Å². The Morgan fingerprint density at radius 3 is 2.71 bits per heavy atom. The molecule has 0 radical (unpaired) electrons. The van der Waals surface area contributed by atoms with Crippen LogP contribution in [0.25, 0.3) is 11.1 Å². The molecule has 4 rings (SSSR count). The molecule has 0 aromatic carbocycles. The number of pyridine rings is 1. The summed E-state index contributed by atoms with van der Waals surface area (Å²) in [5.41, 5.74) is -0.250. The second-order valence-electron chi connectivity index (χ2n) is 8.07. The van der Waals surface area contributed by atoms with Gasteiger partial charge in [-0.25, -0.2) is 4.98 Å². The molecule has 7 nitrogen and oxygen atoms in total. The molecule has 10 heteroatoms. The zero-order valence-electron chi connectivity index (χ0n) is 17.4. The smallest absolute Gasteiger partial charge is 0.376 e. The first-order valence-corrected chi connectivity index (χ1v) is 10.7. The molecular formula is C21H26F3N3O4. The number of piperidine rings is 1. The van der Waals surface area contributed by atoms with Gasteiger partial charge >= 0.3 is 6.18 Å². The molecule has 31 heavy (non-hydrogen) atoms. The maximum atomic E-state index is 13.7. The zero-order chi connectivity index (χ0) is 22.0. The van der Waals surface area contributed by atoms with E-state index in [0.717, 1.165) is 25.5 Å². The predicted octanol–water partition coefficient (Wildman–Crippen LogP) is 3.71. The monoisotopic (exact) mass is 441 g/mol. The maximum Gasteiger partial charge on any atom is 0.417 e. The van der Waals surface area contributed by atoms with Crippen LogP contribution in [0.15, 0.2) is 10.6 Å². The minimum Gasteiger partial charge on any atom is -0.376 e. The van der Waals surface area contributed by atoms with Gasteiger partial charge in [0.15, 0.2) is 0 Å². The summed E-state index contributed by atoms with van der Waals surface area (Å²) in [4.78, 5) is 18.3. The van der Waals surface area contributed by atoms with Crippen molar-refractivity contribution in [2.24, 2.45) is 0 Å². The van der Waals surface area contributed by atoms with Crippen LogP contribution >= 0.6 is 0 Å². The molecule has 0 N–H and O–H groups in total. The van der Waals surface area contributed by atoms with E-state index in [1.807, 2.05) is 0 Å². The Morgan fingerprint density at radius 1 is 1.29 bits per heavy atom. The van der Waals surface area contributed by atoms with E-state index >= 15 is 0 Å². The first-order valence-electron chi connectivity index (χ1n) is 10.7. The highest BCUT2D eigenvalue weighted by Gasteiger charge is 2.38. The van der Waals surface area contributed by atoms with Gasteiger partial charge in [-0.2, -0.15) is 13.2 Å². The number of likely N-dealkylation sites (tertiary alicyclic amines) is 1. The topological polar surface area (TPSA) is 77.7 Å². The zero-order valence-corrected chi connectivity index (χ0v) is 17.4. The highest BCUT2D eigenvalue weighted by Crippen LogP contribution is 2.40. The Hall–Kier alpha value is -2.20. The number of carbonyl (C=O) groups excluding carboxylic acids is 1. The SMILES string of the molecule is CCc1cc(C(F)(F)F)c2c(C3CCN(C(=O)COC[C@@H]4CCCO4)CC3)noc2n1. The summed E-state index contributed by atoms with van der Waals surface area (Å²) in [6, 6.07) is 1.08. The van der Waals surface area contributed by atoms with E-state index in [4.69, 9.17) is 14.0 Å². The number of halogens is 3. The fourth-order valence-corrected chi connectivity index (χ4v) is 4.25. The maximum absolute atomic E-state index is 13.7. The van der Waals surface area contributed by atoms with Crippen LogP contribution < -0.4 is 0 Å². The first-order chi connectivity index (χ1) is 14.9. The number of aryl methyl sites for hydroxylation is 1. The molecular weight excluding hydrogens is 415 g/mol. The van der Waals surface area contributed by atoms with Gasteiger partial charge < -0.3 is 18.9 Å². The summed E-state index contributed by atoms with van der Waals surface area (Å²) < 4.78 is 57.2. The lowest BCUT2D eigenvalue weighted by atomic mass is 9.90. The Kier molecular flexibility index (Phi) is 6.47. The van der Waals surface area contributed by atoms with E-state index in [1.54, 1.807) is 11.8 Å². The van der Waals surface area contributed by atoms with Crippen LogP contribution in [0.4, 0.5) is 13.2 Å². The molecule has 2 aromatic rings. The Bertz CT molecular complexity index is 916. The Balaban J connectivity index is 1.41. The summed E-state index contributed by atoms with van der Waals surface area (Å²) in [6.07, 6.45) is -1.13. The largest absolute Gasteiger partial charge is 0.417 e. The molecule has 2 aliphatic rings. The Morgan fingerprint density at radius 2 is 2.06 bits per heavy atom. The lowest BCUT2D eigenvalue weighted by Gasteiger charge is -2.31. The van der Waals surface area contributed by atoms with Crippen molar-refractivity contribution in [1.82, 2.24) is 15.0 Å². The fraction of sp³-hybridized carbons (Fsp3) is 0.667. The van der Waals surface area contributed by atoms with Crippen molar-refractivity contribution in [3.05, 3.63) is 23.0 Å². The van der Waals surface area contributed by atoms with Gasteiger partial charge in [-0.1, -0.05) is 12.1 Å². The van der Waals surface area contributed by atoms with Crippen molar-refractivity contribution >= 4 is 17.0 Å². The second kappa shape index (κ2) is 9.12. The molecule has 0 unspecified atom stereocenters. The lowest BCUT2D eigenvalue weighted by Crippen LogP contribution is -2.40. The summed E-state index contributed by atoms with van der Waals surface area (Å²) in [7, 11) is 0. The van der Waals surface area contributed by atoms with E-state index in [2.05, 4.69) is 10.1 Å². The molecule has 4 heterocycles. The fourth-order valence-electron chi connectivity index (χ4n) is 4.25. The minimum absolute atomic E-state index is 0.0145. The number of rotatable bonds is 6. The van der Waals surface area contributed by atoms with E-state index in [0.29, 0.717) is 44.7 Å². The Labute approximate surface area is 177 Å². The third-order valence-corrected chi connectivity index (χ3v) is 5.98. The van der Waals surface area contributed by atoms with Gasteiger partial charge in [-0.3, -0.25) is 4.79 Å². The van der Waals surface area contributed by atoms with Crippen molar-refractivity contribution < 1.29 is 32.0 Å². The van der Waals surface area contributed by atoms with E-state index in [-0.39, 0.29) is 41.3 Å². The average molecular weight is 441 g/mol. The third kappa shape index (κ3) is 4.85. The molecule has 2 aromatic heterocycles. The third-order valence-electron chi connectivity index (χ3n) is 5.98. The number of hydrogen-bond acceptors (Lipinski definition) is 6. The molecule has 2 saturated heterocycles. The molecule has 0 spiro atoms. The van der Waals surface area contributed by atoms with Crippen molar-refractivity contribution in [3.63, 3.8) is 0 Å². The quantitative estimate of drug-likeness (QED) is 0.680. The number of ether oxygens (including phenoxy) is 2. The normalized spacial score (nSPS) is 20.6. The van der Waals surface area contributed by atoms with E-state index in [1.165, 1.54) is 0 Å². The van der Waals surface area contributed by atoms with Gasteiger partial charge in [-0.15, -0.1) is 0 Å². The number of amides is 1. The summed E-state index contributed by atoms with van der Waals surface area (Å²) in [5, 5.41) is 3.89. The second-order valence-corrected chi connectivity index (χ2v) is 8.07. The number of carbonyl (C=O) groups is 1. The van der Waals surface area contributed by atoms with Gasteiger partial charge in [0.2, 0.25) is 5.91 Å². The highest BCUT2D eigenvalue weighted by molar-refractivity contribution is 5.82. The van der Waals surface area contributed by atoms with Crippen LogP contribution in [0.5, 0.6) is 0 Å². The molecule has 0 bridgehead atoms. The number of hydrogen-bond donors (Lipinski definition) is 0. The van der Waals surface area contributed by atoms with Crippen molar-refractivity contribution in [2.45, 2.75) is 57.2 Å². The summed E-state index contributed by atoms with van der Waals surface area (Å²) in [5.74, 6) is -0.347. The van der Waals surface area contributed by atoms with Crippen molar-refractivity contribution in [1.29, 1.82) is 0 Å². The van der Waals surface area contributed by atoms with Gasteiger partial charge in [-0.05, 0) is 38.2 Å². The molecule has 1 atom stereocenters. The van der Waals surface area contributed by atoms with Crippen LogP contribution in [-0.2, 0) is 26.9 Å². The molecule has 170 valence electrons. The first kappa shape index (κ1) is 22.0. The lowest BCUT2D eigenvalue weighted by molar-refractivity contribution is -0.138. The van der Waals surface area contributed by atoms with Crippen molar-refractivity contribution in [2.75, 3.05) is 32.9 Å². The van der Waals surface area contributed by atoms with Crippen molar-refractivity contribution in [3.8, 4) is 0 Å². The standard InChI is InChI=1S/C21H26F3N3O4/c1-2-14-10-16(21(22,23)24)18-19(26-31-20(18)25-14)13-5-7-27(8-6-13)17(28)12-29-11-15-4-3-9-30-15/h10,13,15H,2-9,11-12H2,1H3/t15-/m0/s1. The van der Waals surface area contributed by atoms with Crippen LogP contribution in [0.3, 0.4) is 0 Å². The summed E-state index contributed by atoms with van der Waals surface area (Å²) in [6.45, 7) is 3.73. The summed E-state index contributed by atoms with van der Waals surface area (Å²) >= 11 is 0. The van der Waals surface area contributed by atoms with Gasteiger partial charge in [0.1, 0.15) is 6.61 Å². The minimum atomic E-state index is -4.53. The number of nitrogens with zero attached hydrogens (tertiary/aromatic N) is 3. The van der Waals surface area contributed by atoms with Crippen LogP contribution in [-0.4, -0.2) is 60.0 Å². The van der Waals surface area contributed by atoms with Crippen LogP contribution in [0.2, 0.25) is 0 Å². The van der Waals surface area contributed by atoms with Gasteiger partial charge in [0.25, 0.3) is 5.71 Å². The van der Waals surface area contributed by atoms with Crippen LogP contribution in [0, 0.1) is 0 Å². The molecule has 1 amide bonds. The molecule has 2 fully saturated rings. The highest BCUT2D eigenvalue weighted by atomic mass is 19.4. The molecule has 0 saturated carbocycles. The van der Waals surface area contributed by atoms with Gasteiger partial charge in [0.05, 0.1) is 29.4 Å². The van der Waals surface area contributed by atoms with E-state index in [9.17, 15) is 18.0 Å².